The summed E-state index contributed by atoms with van der Waals surface area (Å²) in [4.78, 5) is 16.2. The normalized spacial score (nSPS) is 11.7. The molecule has 0 bridgehead atoms. The van der Waals surface area contributed by atoms with Gasteiger partial charge in [-0.1, -0.05) is 12.1 Å². The Morgan fingerprint density at radius 2 is 1.85 bits per heavy atom. The third-order valence-corrected chi connectivity index (χ3v) is 3.06. The molecule has 26 heavy (non-hydrogen) atoms. The molecule has 0 unspecified atom stereocenters. The van der Waals surface area contributed by atoms with Crippen molar-refractivity contribution in [2.75, 3.05) is 26.2 Å². The lowest BCUT2D eigenvalue weighted by molar-refractivity contribution is 0.0529. The fourth-order valence-corrected chi connectivity index (χ4v) is 2.07. The first-order valence-electron chi connectivity index (χ1n) is 9.04. The molecular formula is C19H32N4O3. The van der Waals surface area contributed by atoms with Crippen molar-refractivity contribution in [3.63, 3.8) is 0 Å². The van der Waals surface area contributed by atoms with Crippen molar-refractivity contribution in [2.24, 2.45) is 4.99 Å². The van der Waals surface area contributed by atoms with Crippen LogP contribution in [0, 0.1) is 0 Å². The van der Waals surface area contributed by atoms with Crippen molar-refractivity contribution < 1.29 is 14.3 Å². The maximum Gasteiger partial charge on any atom is 0.407 e. The number of hydrogen-bond acceptors (Lipinski definition) is 4. The van der Waals surface area contributed by atoms with E-state index in [4.69, 9.17) is 9.47 Å². The number of nitrogens with one attached hydrogen (secondary N) is 3. The van der Waals surface area contributed by atoms with Gasteiger partial charge in [-0.3, -0.25) is 0 Å². The number of alkyl carbamates (subject to hydrolysis) is 1. The van der Waals surface area contributed by atoms with Gasteiger partial charge in [0.05, 0.1) is 13.2 Å². The molecule has 146 valence electrons. The Kier molecular flexibility index (Phi) is 9.33. The van der Waals surface area contributed by atoms with E-state index in [9.17, 15) is 4.79 Å². The third kappa shape index (κ3) is 9.76. The fraction of sp³-hybridized carbons (Fsp3) is 0.579. The Balaban J connectivity index is 2.46. The van der Waals surface area contributed by atoms with Crippen LogP contribution in [-0.2, 0) is 11.3 Å². The van der Waals surface area contributed by atoms with E-state index in [1.54, 1.807) is 0 Å². The van der Waals surface area contributed by atoms with Gasteiger partial charge in [-0.2, -0.15) is 0 Å². The Morgan fingerprint density at radius 1 is 1.12 bits per heavy atom. The molecule has 1 aromatic carbocycles. The minimum absolute atomic E-state index is 0.422. The van der Waals surface area contributed by atoms with Gasteiger partial charge in [-0.25, -0.2) is 9.79 Å². The summed E-state index contributed by atoms with van der Waals surface area (Å²) in [6, 6.07) is 7.89. The number of carbonyl (C=O) groups is 1. The zero-order chi connectivity index (χ0) is 19.4. The number of guanidine groups is 1. The van der Waals surface area contributed by atoms with Crippen LogP contribution in [0.3, 0.4) is 0 Å². The first-order chi connectivity index (χ1) is 12.3. The van der Waals surface area contributed by atoms with Crippen LogP contribution in [0.1, 0.15) is 40.2 Å². The minimum Gasteiger partial charge on any atom is -0.494 e. The third-order valence-electron chi connectivity index (χ3n) is 3.06. The van der Waals surface area contributed by atoms with Gasteiger partial charge in [0, 0.05) is 19.6 Å². The minimum atomic E-state index is -0.496. The predicted molar refractivity (Wildman–Crippen MR) is 105 cm³/mol. The largest absolute Gasteiger partial charge is 0.494 e. The lowest BCUT2D eigenvalue weighted by atomic mass is 10.2. The summed E-state index contributed by atoms with van der Waals surface area (Å²) >= 11 is 0. The molecule has 1 amide bonds. The first-order valence-corrected chi connectivity index (χ1v) is 9.04. The van der Waals surface area contributed by atoms with E-state index in [2.05, 4.69) is 20.9 Å². The average Bonchev–Trinajstić information content (AvgIpc) is 2.55. The zero-order valence-electron chi connectivity index (χ0n) is 16.5. The van der Waals surface area contributed by atoms with Gasteiger partial charge in [-0.05, 0) is 52.3 Å². The zero-order valence-corrected chi connectivity index (χ0v) is 16.5. The summed E-state index contributed by atoms with van der Waals surface area (Å²) in [6.45, 7) is 12.4. The molecule has 0 saturated heterocycles. The standard InChI is InChI=1S/C19H32N4O3/c1-6-20-17(21-11-12-22-18(24)26-19(3,4)5)23-14-15-9-8-10-16(13-15)25-7-2/h8-10,13H,6-7,11-12,14H2,1-5H3,(H,22,24)(H2,20,21,23). The second kappa shape index (κ2) is 11.2. The maximum atomic E-state index is 11.6. The van der Waals surface area contributed by atoms with Gasteiger partial charge in [0.1, 0.15) is 11.4 Å². The summed E-state index contributed by atoms with van der Waals surface area (Å²) in [5, 5.41) is 9.08. The predicted octanol–water partition coefficient (Wildman–Crippen LogP) is 2.67. The van der Waals surface area contributed by atoms with Crippen LogP contribution in [0.15, 0.2) is 29.3 Å². The second-order valence-corrected chi connectivity index (χ2v) is 6.63. The Bertz CT molecular complexity index is 582. The van der Waals surface area contributed by atoms with Crippen molar-refractivity contribution in [2.45, 2.75) is 46.8 Å². The van der Waals surface area contributed by atoms with E-state index in [1.165, 1.54) is 0 Å². The molecule has 1 aromatic rings. The van der Waals surface area contributed by atoms with Crippen LogP contribution >= 0.6 is 0 Å². The summed E-state index contributed by atoms with van der Waals surface area (Å²) in [5.74, 6) is 1.54. The molecule has 0 atom stereocenters. The van der Waals surface area contributed by atoms with E-state index >= 15 is 0 Å². The van der Waals surface area contributed by atoms with Crippen molar-refractivity contribution in [3.8, 4) is 5.75 Å². The SMILES string of the molecule is CCNC(=NCc1cccc(OCC)c1)NCCNC(=O)OC(C)(C)C. The van der Waals surface area contributed by atoms with Crippen molar-refractivity contribution in [3.05, 3.63) is 29.8 Å². The fourth-order valence-electron chi connectivity index (χ4n) is 2.07. The number of carbonyl (C=O) groups excluding carboxylic acids is 1. The van der Waals surface area contributed by atoms with Gasteiger partial charge < -0.3 is 25.4 Å². The van der Waals surface area contributed by atoms with Gasteiger partial charge in [0.25, 0.3) is 0 Å². The highest BCUT2D eigenvalue weighted by atomic mass is 16.6. The number of benzene rings is 1. The Hall–Kier alpha value is -2.44. The molecule has 7 nitrogen and oxygen atoms in total. The highest BCUT2D eigenvalue weighted by Crippen LogP contribution is 2.13. The number of rotatable bonds is 8. The van der Waals surface area contributed by atoms with Crippen molar-refractivity contribution in [1.29, 1.82) is 0 Å². The molecule has 1 rings (SSSR count). The summed E-state index contributed by atoms with van der Waals surface area (Å²) in [6.07, 6.45) is -0.422. The molecule has 0 aliphatic heterocycles. The van der Waals surface area contributed by atoms with Crippen LogP contribution in [0.2, 0.25) is 0 Å². The van der Waals surface area contributed by atoms with Crippen LogP contribution < -0.4 is 20.7 Å². The van der Waals surface area contributed by atoms with Crippen molar-refractivity contribution in [1.82, 2.24) is 16.0 Å². The quantitative estimate of drug-likeness (QED) is 0.375. The highest BCUT2D eigenvalue weighted by Gasteiger charge is 2.15. The number of aliphatic imine (C=N–C) groups is 1. The maximum absolute atomic E-state index is 11.6. The number of hydrogen-bond donors (Lipinski definition) is 3. The number of ether oxygens (including phenoxy) is 2. The van der Waals surface area contributed by atoms with Crippen molar-refractivity contribution >= 4 is 12.1 Å². The Morgan fingerprint density at radius 3 is 2.50 bits per heavy atom. The molecule has 0 aliphatic carbocycles. The molecule has 0 fully saturated rings. The molecule has 3 N–H and O–H groups in total. The van der Waals surface area contributed by atoms with E-state index in [0.29, 0.717) is 32.2 Å². The van der Waals surface area contributed by atoms with Gasteiger partial charge in [0.15, 0.2) is 5.96 Å². The van der Waals surface area contributed by atoms with Crippen LogP contribution in [0.25, 0.3) is 0 Å². The van der Waals surface area contributed by atoms with Crippen LogP contribution in [0.5, 0.6) is 5.75 Å². The van der Waals surface area contributed by atoms with Crippen LogP contribution in [-0.4, -0.2) is 43.9 Å². The molecule has 0 spiro atoms. The monoisotopic (exact) mass is 364 g/mol. The molecule has 0 aliphatic rings. The highest BCUT2D eigenvalue weighted by molar-refractivity contribution is 5.79. The Labute approximate surface area is 156 Å². The summed E-state index contributed by atoms with van der Waals surface area (Å²) in [5.41, 5.74) is 0.573. The molecule has 0 saturated carbocycles. The van der Waals surface area contributed by atoms with E-state index < -0.39 is 11.7 Å². The molecule has 0 radical (unpaired) electrons. The first kappa shape index (κ1) is 21.6. The van der Waals surface area contributed by atoms with Gasteiger partial charge in [-0.15, -0.1) is 0 Å². The smallest absolute Gasteiger partial charge is 0.407 e. The number of nitrogens with zero attached hydrogens (tertiary/aromatic N) is 1. The molecule has 0 heterocycles. The molecule has 7 heteroatoms. The van der Waals surface area contributed by atoms with Crippen LogP contribution in [0.4, 0.5) is 4.79 Å². The summed E-state index contributed by atoms with van der Waals surface area (Å²) < 4.78 is 10.7. The number of amides is 1. The van der Waals surface area contributed by atoms with E-state index in [-0.39, 0.29) is 0 Å². The summed E-state index contributed by atoms with van der Waals surface area (Å²) in [7, 11) is 0. The average molecular weight is 364 g/mol. The van der Waals surface area contributed by atoms with E-state index in [1.807, 2.05) is 58.9 Å². The van der Waals surface area contributed by atoms with Gasteiger partial charge >= 0.3 is 6.09 Å². The van der Waals surface area contributed by atoms with Gasteiger partial charge in [0.2, 0.25) is 0 Å². The van der Waals surface area contributed by atoms with E-state index in [0.717, 1.165) is 17.9 Å². The second-order valence-electron chi connectivity index (χ2n) is 6.63. The lowest BCUT2D eigenvalue weighted by Crippen LogP contribution is -2.42. The lowest BCUT2D eigenvalue weighted by Gasteiger charge is -2.19. The molecular weight excluding hydrogens is 332 g/mol. The topological polar surface area (TPSA) is 84.0 Å². The molecule has 0 aromatic heterocycles.